The summed E-state index contributed by atoms with van der Waals surface area (Å²) < 4.78 is 34.4. The average molecular weight is 482 g/mol. The fraction of sp³-hybridized carbons (Fsp3) is 0.208. The smallest absolute Gasteiger partial charge is 0.355 e. The number of anilines is 1. The van der Waals surface area contributed by atoms with Crippen LogP contribution in [0.4, 0.5) is 5.69 Å². The molecule has 1 unspecified atom stereocenters. The van der Waals surface area contributed by atoms with Crippen molar-refractivity contribution in [2.24, 2.45) is 5.73 Å². The van der Waals surface area contributed by atoms with Gasteiger partial charge in [-0.2, -0.15) is 5.26 Å². The van der Waals surface area contributed by atoms with E-state index in [1.807, 2.05) is 0 Å². The number of carbonyl (C=O) groups is 2. The molecule has 1 heterocycles. The van der Waals surface area contributed by atoms with E-state index in [0.717, 1.165) is 14.2 Å². The molecule has 0 saturated carbocycles. The highest BCUT2D eigenvalue weighted by atomic mass is 32.2. The van der Waals surface area contributed by atoms with Gasteiger partial charge < -0.3 is 15.2 Å². The van der Waals surface area contributed by atoms with Crippen LogP contribution < -0.4 is 10.6 Å². The minimum atomic E-state index is -3.47. The molecule has 0 aliphatic carbocycles. The van der Waals surface area contributed by atoms with E-state index < -0.39 is 27.7 Å². The van der Waals surface area contributed by atoms with Crippen molar-refractivity contribution in [2.45, 2.75) is 17.7 Å². The first-order valence-corrected chi connectivity index (χ1v) is 11.8. The Balaban J connectivity index is 2.35. The molecule has 9 nitrogen and oxygen atoms in total. The number of esters is 2. The van der Waals surface area contributed by atoms with Gasteiger partial charge in [-0.25, -0.2) is 18.0 Å². The number of nitriles is 1. The summed E-state index contributed by atoms with van der Waals surface area (Å²) in [5.41, 5.74) is 6.87. The maximum absolute atomic E-state index is 13.0. The van der Waals surface area contributed by atoms with Gasteiger partial charge in [0.05, 0.1) is 48.0 Å². The molecule has 2 aromatic carbocycles. The van der Waals surface area contributed by atoms with Gasteiger partial charge in [-0.15, -0.1) is 0 Å². The van der Waals surface area contributed by atoms with E-state index >= 15 is 0 Å². The van der Waals surface area contributed by atoms with Gasteiger partial charge in [0.15, 0.2) is 9.84 Å². The molecule has 1 atom stereocenters. The molecule has 176 valence electrons. The third-order valence-corrected chi connectivity index (χ3v) is 7.19. The lowest BCUT2D eigenvalue weighted by molar-refractivity contribution is -0.139. The molecule has 2 aromatic rings. The van der Waals surface area contributed by atoms with E-state index in [1.54, 1.807) is 30.3 Å². The van der Waals surface area contributed by atoms with Crippen molar-refractivity contribution in [1.29, 1.82) is 5.26 Å². The van der Waals surface area contributed by atoms with E-state index in [-0.39, 0.29) is 39.0 Å². The second-order valence-corrected chi connectivity index (χ2v) is 9.51. The molecular weight excluding hydrogens is 458 g/mol. The molecule has 3 rings (SSSR count). The molecule has 1 aliphatic rings. The fourth-order valence-corrected chi connectivity index (χ4v) is 4.63. The minimum Gasteiger partial charge on any atom is -0.466 e. The number of hydrogen-bond acceptors (Lipinski definition) is 9. The molecule has 0 fully saturated rings. The highest BCUT2D eigenvalue weighted by Gasteiger charge is 2.43. The van der Waals surface area contributed by atoms with Gasteiger partial charge in [0, 0.05) is 5.69 Å². The lowest BCUT2D eigenvalue weighted by atomic mass is 9.81. The van der Waals surface area contributed by atoms with Gasteiger partial charge in [-0.05, 0) is 29.8 Å². The normalized spacial score (nSPS) is 16.2. The summed E-state index contributed by atoms with van der Waals surface area (Å²) in [7, 11) is -1.16. The van der Waals surface area contributed by atoms with Crippen molar-refractivity contribution in [3.05, 3.63) is 82.8 Å². The fourth-order valence-electron chi connectivity index (χ4n) is 3.75. The van der Waals surface area contributed by atoms with Crippen molar-refractivity contribution < 1.29 is 27.5 Å². The number of nitrogens with two attached hydrogens (primary N) is 1. The molecule has 0 bridgehead atoms. The van der Waals surface area contributed by atoms with Crippen LogP contribution in [0, 0.1) is 11.3 Å². The van der Waals surface area contributed by atoms with Gasteiger partial charge in [-0.3, -0.25) is 4.90 Å². The van der Waals surface area contributed by atoms with Gasteiger partial charge in [0.2, 0.25) is 0 Å². The number of benzene rings is 2. The van der Waals surface area contributed by atoms with Crippen molar-refractivity contribution in [2.75, 3.05) is 24.9 Å². The number of allylic oxidation sites excluding steroid dienone is 1. The predicted octanol–water partition coefficient (Wildman–Crippen LogP) is 2.38. The molecule has 0 spiro atoms. The quantitative estimate of drug-likeness (QED) is 0.616. The van der Waals surface area contributed by atoms with Gasteiger partial charge in [0.25, 0.3) is 0 Å². The first-order chi connectivity index (χ1) is 16.2. The zero-order valence-electron chi connectivity index (χ0n) is 18.8. The minimum absolute atomic E-state index is 0.0181. The number of rotatable bonds is 6. The summed E-state index contributed by atoms with van der Waals surface area (Å²) in [4.78, 5) is 27.3. The van der Waals surface area contributed by atoms with Crippen LogP contribution in [0.15, 0.2) is 82.2 Å². The topological polar surface area (TPSA) is 140 Å². The van der Waals surface area contributed by atoms with Crippen LogP contribution in [0.5, 0.6) is 0 Å². The van der Waals surface area contributed by atoms with E-state index in [2.05, 4.69) is 6.07 Å². The van der Waals surface area contributed by atoms with Crippen molar-refractivity contribution in [3.63, 3.8) is 0 Å². The van der Waals surface area contributed by atoms with E-state index in [9.17, 15) is 23.3 Å². The summed E-state index contributed by atoms with van der Waals surface area (Å²) >= 11 is 0. The summed E-state index contributed by atoms with van der Waals surface area (Å²) in [6, 6.07) is 16.3. The van der Waals surface area contributed by atoms with Gasteiger partial charge >= 0.3 is 11.9 Å². The Bertz CT molecular complexity index is 1320. The van der Waals surface area contributed by atoms with Crippen LogP contribution in [0.2, 0.25) is 0 Å². The maximum Gasteiger partial charge on any atom is 0.355 e. The number of ether oxygens (including phenoxy) is 2. The molecule has 0 amide bonds. The molecule has 10 heteroatoms. The summed E-state index contributed by atoms with van der Waals surface area (Å²) in [5.74, 6) is -2.90. The van der Waals surface area contributed by atoms with Gasteiger partial charge in [-0.1, -0.05) is 37.3 Å². The zero-order valence-corrected chi connectivity index (χ0v) is 19.6. The number of methoxy groups -OCH3 is 2. The Morgan fingerprint density at radius 2 is 1.62 bits per heavy atom. The standard InChI is InChI=1S/C24H23N3O6S/c1-4-34(30,31)17-12-10-16(11-13-17)27-21(24(29)33-3)20(23(28)32-2)19(18(14-25)22(27)26)15-8-6-5-7-9-15/h5-13,19H,4,26H2,1-3H3. The first-order valence-electron chi connectivity index (χ1n) is 10.2. The van der Waals surface area contributed by atoms with Crippen LogP contribution >= 0.6 is 0 Å². The SMILES string of the molecule is CCS(=O)(=O)c1ccc(N2C(N)=C(C#N)C(c3ccccc3)C(C(=O)OC)=C2C(=O)OC)cc1. The molecule has 0 radical (unpaired) electrons. The van der Waals surface area contributed by atoms with Crippen LogP contribution in [0.1, 0.15) is 18.4 Å². The van der Waals surface area contributed by atoms with Crippen LogP contribution in [0.3, 0.4) is 0 Å². The van der Waals surface area contributed by atoms with Crippen molar-refractivity contribution >= 4 is 27.5 Å². The van der Waals surface area contributed by atoms with Crippen molar-refractivity contribution in [1.82, 2.24) is 0 Å². The van der Waals surface area contributed by atoms with Crippen molar-refractivity contribution in [3.8, 4) is 6.07 Å². The number of nitrogens with zero attached hydrogens (tertiary/aromatic N) is 2. The summed E-state index contributed by atoms with van der Waals surface area (Å²) in [5, 5.41) is 10.0. The summed E-state index contributed by atoms with van der Waals surface area (Å²) in [6.07, 6.45) is 0. The molecular formula is C24H23N3O6S. The highest BCUT2D eigenvalue weighted by molar-refractivity contribution is 7.91. The lowest BCUT2D eigenvalue weighted by Gasteiger charge is -2.35. The Labute approximate surface area is 197 Å². The second-order valence-electron chi connectivity index (χ2n) is 7.23. The predicted molar refractivity (Wildman–Crippen MR) is 124 cm³/mol. The van der Waals surface area contributed by atoms with E-state index in [1.165, 1.54) is 36.1 Å². The number of sulfone groups is 1. The zero-order chi connectivity index (χ0) is 25.0. The number of hydrogen-bond donors (Lipinski definition) is 1. The Morgan fingerprint density at radius 1 is 1.03 bits per heavy atom. The highest BCUT2D eigenvalue weighted by Crippen LogP contribution is 2.43. The lowest BCUT2D eigenvalue weighted by Crippen LogP contribution is -2.40. The van der Waals surface area contributed by atoms with Crippen LogP contribution in [-0.4, -0.2) is 40.3 Å². The largest absolute Gasteiger partial charge is 0.466 e. The monoisotopic (exact) mass is 481 g/mol. The molecule has 1 aliphatic heterocycles. The molecule has 0 aromatic heterocycles. The Kier molecular flexibility index (Phi) is 7.08. The molecule has 2 N–H and O–H groups in total. The second kappa shape index (κ2) is 9.80. The molecule has 34 heavy (non-hydrogen) atoms. The first kappa shape index (κ1) is 24.5. The van der Waals surface area contributed by atoms with Crippen LogP contribution in [0.25, 0.3) is 0 Å². The Morgan fingerprint density at radius 3 is 2.12 bits per heavy atom. The third-order valence-electron chi connectivity index (χ3n) is 5.44. The molecule has 0 saturated heterocycles. The van der Waals surface area contributed by atoms with E-state index in [4.69, 9.17) is 15.2 Å². The van der Waals surface area contributed by atoms with E-state index in [0.29, 0.717) is 5.56 Å². The van der Waals surface area contributed by atoms with Gasteiger partial charge in [0.1, 0.15) is 11.5 Å². The Hall–Kier alpha value is -4.10. The maximum atomic E-state index is 13.0. The van der Waals surface area contributed by atoms with Crippen LogP contribution in [-0.2, 0) is 28.9 Å². The number of carbonyl (C=O) groups excluding carboxylic acids is 2. The summed E-state index contributed by atoms with van der Waals surface area (Å²) in [6.45, 7) is 1.53. The third kappa shape index (κ3) is 4.25. The average Bonchev–Trinajstić information content (AvgIpc) is 2.87.